The van der Waals surface area contributed by atoms with E-state index in [0.29, 0.717) is 46.5 Å². The van der Waals surface area contributed by atoms with Crippen LogP contribution in [-0.2, 0) is 0 Å². The van der Waals surface area contributed by atoms with Crippen LogP contribution in [0, 0.1) is 5.82 Å². The van der Waals surface area contributed by atoms with E-state index in [1.807, 2.05) is 32.9 Å². The van der Waals surface area contributed by atoms with Gasteiger partial charge in [0.05, 0.1) is 23.4 Å². The third-order valence-electron chi connectivity index (χ3n) is 7.70. The number of para-hydroxylation sites is 1. The van der Waals surface area contributed by atoms with E-state index in [-0.39, 0.29) is 29.2 Å². The number of nitrogens with one attached hydrogen (secondary N) is 2. The highest BCUT2D eigenvalue weighted by atomic mass is 32.1. The summed E-state index contributed by atoms with van der Waals surface area (Å²) in [5, 5.41) is 7.35. The number of nitrogen functional groups attached to an aromatic ring is 1. The first-order valence-electron chi connectivity index (χ1n) is 15.0. The Morgan fingerprint density at radius 3 is 2.72 bits per heavy atom. The summed E-state index contributed by atoms with van der Waals surface area (Å²) in [5.41, 5.74) is 7.17. The highest BCUT2D eigenvalue weighted by molar-refractivity contribution is 7.22. The Labute approximate surface area is 254 Å². The van der Waals surface area contributed by atoms with Gasteiger partial charge in [0.1, 0.15) is 28.6 Å². The summed E-state index contributed by atoms with van der Waals surface area (Å²) in [6.45, 7) is 9.90. The fourth-order valence-corrected chi connectivity index (χ4v) is 6.50. The molecule has 2 fully saturated rings. The molecule has 4 aromatic rings. The molecule has 10 nitrogen and oxygen atoms in total. The van der Waals surface area contributed by atoms with Gasteiger partial charge in [-0.1, -0.05) is 37.3 Å². The van der Waals surface area contributed by atoms with Crippen molar-refractivity contribution < 1.29 is 18.3 Å². The van der Waals surface area contributed by atoms with Crippen LogP contribution < -0.4 is 25.8 Å². The number of rotatable bonds is 2. The number of methoxy groups -OCH3 is 1. The van der Waals surface area contributed by atoms with Crippen molar-refractivity contribution in [3.63, 3.8) is 0 Å². The van der Waals surface area contributed by atoms with Crippen LogP contribution in [0.5, 0.6) is 11.9 Å². The molecule has 43 heavy (non-hydrogen) atoms. The van der Waals surface area contributed by atoms with Crippen LogP contribution in [0.1, 0.15) is 46.5 Å². The topological polar surface area (TPSA) is 123 Å². The summed E-state index contributed by atoms with van der Waals surface area (Å²) >= 11 is 1.34. The maximum Gasteiger partial charge on any atom is 0.318 e. The Morgan fingerprint density at radius 2 is 1.93 bits per heavy atom. The van der Waals surface area contributed by atoms with E-state index < -0.39 is 12.0 Å². The molecule has 7 rings (SSSR count). The average molecular weight is 615 g/mol. The lowest BCUT2D eigenvalue weighted by Gasteiger charge is -2.18. The van der Waals surface area contributed by atoms with E-state index in [2.05, 4.69) is 35.5 Å². The largest absolute Gasteiger partial charge is 0.474 e. The predicted octanol–water partition coefficient (Wildman–Crippen LogP) is 5.42. The molecule has 0 bridgehead atoms. The van der Waals surface area contributed by atoms with Crippen LogP contribution in [-0.4, -0.2) is 83.0 Å². The lowest BCUT2D eigenvalue weighted by molar-refractivity contribution is 0.205. The number of fused-ring (bicyclic) bond motifs is 2. The molecule has 0 spiro atoms. The standard InChI is InChI=1S/C21H22FN7O2S.C7H12FN.C2H6/c1-10-6-7-24-8-9-25-18-13-17(28-21(29-18)30-2)14(22)16(26-19(13)31-10)11-4-3-5-12-15(11)27-20(23)32-12;8-6-4-7-2-1-3-9(7)5-6;1-2/h3-5,10,24H,6-9H2,1-2H3,(H2,23,27)(H,25,28,29);6-7H,1-5H2;1-2H3. The molecule has 0 saturated carbocycles. The third-order valence-corrected chi connectivity index (χ3v) is 8.55. The van der Waals surface area contributed by atoms with Crippen molar-refractivity contribution in [2.75, 3.05) is 50.9 Å². The number of nitrogens with zero attached hydrogens (tertiary/aromatic N) is 5. The van der Waals surface area contributed by atoms with Crippen molar-refractivity contribution in [3.05, 3.63) is 24.0 Å². The monoisotopic (exact) mass is 614 g/mol. The quantitative estimate of drug-likeness (QED) is 0.270. The summed E-state index contributed by atoms with van der Waals surface area (Å²) in [5.74, 6) is 0.0683. The number of aromatic nitrogens is 4. The van der Waals surface area contributed by atoms with Crippen LogP contribution >= 0.6 is 11.3 Å². The van der Waals surface area contributed by atoms with E-state index in [1.165, 1.54) is 31.3 Å². The average Bonchev–Trinajstić information content (AvgIpc) is 3.70. The van der Waals surface area contributed by atoms with Gasteiger partial charge in [0.25, 0.3) is 0 Å². The van der Waals surface area contributed by atoms with Crippen LogP contribution in [0.3, 0.4) is 0 Å². The number of alkyl halides is 1. The fraction of sp³-hybridized carbons (Fsp3) is 0.533. The Balaban J connectivity index is 0.000000281. The third kappa shape index (κ3) is 6.73. The number of halogens is 2. The van der Waals surface area contributed by atoms with Gasteiger partial charge in [-0.05, 0) is 51.8 Å². The summed E-state index contributed by atoms with van der Waals surface area (Å²) < 4.78 is 40.8. The van der Waals surface area contributed by atoms with Crippen LogP contribution in [0.4, 0.5) is 19.7 Å². The number of thiazole rings is 1. The van der Waals surface area contributed by atoms with Crippen molar-refractivity contribution in [1.29, 1.82) is 0 Å². The molecule has 3 unspecified atom stereocenters. The van der Waals surface area contributed by atoms with E-state index in [4.69, 9.17) is 15.2 Å². The lowest BCUT2D eigenvalue weighted by atomic mass is 10.1. The zero-order chi connectivity index (χ0) is 30.5. The van der Waals surface area contributed by atoms with Crippen molar-refractivity contribution in [2.45, 2.75) is 64.8 Å². The van der Waals surface area contributed by atoms with Crippen LogP contribution in [0.15, 0.2) is 18.2 Å². The zero-order valence-electron chi connectivity index (χ0n) is 25.1. The van der Waals surface area contributed by atoms with Gasteiger partial charge in [-0.25, -0.2) is 18.7 Å². The minimum atomic E-state index is -0.601. The predicted molar refractivity (Wildman–Crippen MR) is 168 cm³/mol. The molecular weight excluding hydrogens is 574 g/mol. The molecule has 3 aromatic heterocycles. The number of anilines is 2. The van der Waals surface area contributed by atoms with Gasteiger partial charge < -0.3 is 25.8 Å². The molecule has 0 radical (unpaired) electrons. The minimum absolute atomic E-state index is 0.0500. The van der Waals surface area contributed by atoms with Gasteiger partial charge in [0, 0.05) is 31.2 Å². The molecule has 6 heterocycles. The number of benzene rings is 1. The number of hydrogen-bond donors (Lipinski definition) is 3. The molecule has 13 heteroatoms. The van der Waals surface area contributed by atoms with Crippen molar-refractivity contribution in [1.82, 2.24) is 30.2 Å². The van der Waals surface area contributed by atoms with Crippen molar-refractivity contribution in [3.8, 4) is 23.1 Å². The lowest BCUT2D eigenvalue weighted by Crippen LogP contribution is -2.26. The van der Waals surface area contributed by atoms with E-state index >= 15 is 4.39 Å². The molecule has 4 N–H and O–H groups in total. The van der Waals surface area contributed by atoms with Crippen molar-refractivity contribution >= 4 is 43.4 Å². The van der Waals surface area contributed by atoms with Crippen molar-refractivity contribution in [2.24, 2.45) is 0 Å². The Morgan fingerprint density at radius 1 is 1.09 bits per heavy atom. The molecule has 0 aliphatic carbocycles. The number of pyridine rings is 1. The molecule has 3 aliphatic rings. The highest BCUT2D eigenvalue weighted by Crippen LogP contribution is 2.40. The second-order valence-corrected chi connectivity index (χ2v) is 11.6. The van der Waals surface area contributed by atoms with Gasteiger partial charge in [-0.2, -0.15) is 9.97 Å². The van der Waals surface area contributed by atoms with Crippen LogP contribution in [0.2, 0.25) is 0 Å². The Hall–Kier alpha value is -3.42. The zero-order valence-corrected chi connectivity index (χ0v) is 25.9. The van der Waals surface area contributed by atoms with Gasteiger partial charge >= 0.3 is 6.01 Å². The fourth-order valence-electron chi connectivity index (χ4n) is 5.74. The maximum atomic E-state index is 16.0. The summed E-state index contributed by atoms with van der Waals surface area (Å²) in [6, 6.07) is 6.14. The van der Waals surface area contributed by atoms with E-state index in [9.17, 15) is 4.39 Å². The molecule has 2 saturated heterocycles. The number of ether oxygens (including phenoxy) is 2. The first kappa shape index (κ1) is 31.0. The molecule has 232 valence electrons. The SMILES string of the molecule is CC.COc1nc2c3c(nc(-c4cccc5sc(N)nc45)c(F)c3n1)OC(C)CCNCCN2.FC1CC2CCCN2C1. The molecule has 1 aromatic carbocycles. The van der Waals surface area contributed by atoms with Gasteiger partial charge in [0.2, 0.25) is 5.88 Å². The molecular formula is C30H40F2N8O2S. The van der Waals surface area contributed by atoms with E-state index in [0.717, 1.165) is 37.2 Å². The molecule has 3 aliphatic heterocycles. The number of nitrogens with two attached hydrogens (primary N) is 1. The Kier molecular flexibility index (Phi) is 10.0. The van der Waals surface area contributed by atoms with Gasteiger partial charge in [0.15, 0.2) is 10.9 Å². The van der Waals surface area contributed by atoms with Gasteiger partial charge in [-0.3, -0.25) is 4.90 Å². The molecule has 3 atom stereocenters. The number of hydrogen-bond acceptors (Lipinski definition) is 11. The second-order valence-electron chi connectivity index (χ2n) is 10.6. The maximum absolute atomic E-state index is 16.0. The first-order valence-corrected chi connectivity index (χ1v) is 15.8. The second kappa shape index (κ2) is 13.9. The summed E-state index contributed by atoms with van der Waals surface area (Å²) in [7, 11) is 1.44. The van der Waals surface area contributed by atoms with Crippen LogP contribution in [0.25, 0.3) is 32.4 Å². The Bertz CT molecular complexity index is 1540. The summed E-state index contributed by atoms with van der Waals surface area (Å²) in [6.07, 6.45) is 3.42. The normalized spacial score (nSPS) is 21.9. The smallest absolute Gasteiger partial charge is 0.318 e. The molecule has 0 amide bonds. The van der Waals surface area contributed by atoms with E-state index in [1.54, 1.807) is 6.07 Å². The summed E-state index contributed by atoms with van der Waals surface area (Å²) in [4.78, 5) is 20.0. The minimum Gasteiger partial charge on any atom is -0.474 e. The highest BCUT2D eigenvalue weighted by Gasteiger charge is 2.34. The first-order chi connectivity index (χ1) is 20.9. The van der Waals surface area contributed by atoms with Gasteiger partial charge in [-0.15, -0.1) is 0 Å².